The zero-order chi connectivity index (χ0) is 9.47. The minimum atomic E-state index is -0.0875. The predicted octanol–water partition coefficient (Wildman–Crippen LogP) is 1.94. The van der Waals surface area contributed by atoms with Crippen molar-refractivity contribution in [3.05, 3.63) is 29.3 Å². The molecule has 2 N–H and O–H groups in total. The smallest absolute Gasteiger partial charge is 0.121 e. The van der Waals surface area contributed by atoms with Gasteiger partial charge in [0.15, 0.2) is 0 Å². The van der Waals surface area contributed by atoms with Gasteiger partial charge in [0, 0.05) is 5.56 Å². The molecule has 0 saturated heterocycles. The van der Waals surface area contributed by atoms with E-state index >= 15 is 0 Å². The van der Waals surface area contributed by atoms with Crippen LogP contribution in [0.5, 0.6) is 5.75 Å². The van der Waals surface area contributed by atoms with Crippen LogP contribution in [0.3, 0.4) is 0 Å². The number of rotatable bonds is 2. The lowest BCUT2D eigenvalue weighted by atomic mass is 9.96. The van der Waals surface area contributed by atoms with Gasteiger partial charge in [0.2, 0.25) is 0 Å². The molecule has 0 aliphatic heterocycles. The molecule has 0 bridgehead atoms. The van der Waals surface area contributed by atoms with Crippen molar-refractivity contribution in [1.29, 1.82) is 0 Å². The molecule has 13 heavy (non-hydrogen) atoms. The zero-order valence-corrected chi connectivity index (χ0v) is 7.75. The fourth-order valence-electron chi connectivity index (χ4n) is 1.56. The fourth-order valence-corrected chi connectivity index (χ4v) is 1.56. The first-order chi connectivity index (χ1) is 6.15. The Kier molecular flexibility index (Phi) is 1.81. The third-order valence-corrected chi connectivity index (χ3v) is 2.95. The fraction of sp³-hybridized carbons (Fsp3) is 0.455. The van der Waals surface area contributed by atoms with E-state index in [4.69, 9.17) is 5.11 Å². The number of aliphatic hydroxyl groups is 1. The minimum Gasteiger partial charge on any atom is -0.508 e. The van der Waals surface area contributed by atoms with Crippen molar-refractivity contribution in [2.24, 2.45) is 0 Å². The molecule has 0 unspecified atom stereocenters. The third kappa shape index (κ3) is 1.42. The predicted molar refractivity (Wildman–Crippen MR) is 50.6 cm³/mol. The molecule has 70 valence electrons. The number of benzene rings is 1. The van der Waals surface area contributed by atoms with E-state index < -0.39 is 0 Å². The van der Waals surface area contributed by atoms with Gasteiger partial charge in [-0.25, -0.2) is 0 Å². The molecule has 0 aromatic heterocycles. The van der Waals surface area contributed by atoms with Crippen LogP contribution in [0, 0.1) is 0 Å². The average molecular weight is 178 g/mol. The Labute approximate surface area is 77.8 Å². The molecule has 2 rings (SSSR count). The van der Waals surface area contributed by atoms with E-state index in [-0.39, 0.29) is 12.4 Å². The van der Waals surface area contributed by atoms with E-state index in [0.717, 1.165) is 0 Å². The van der Waals surface area contributed by atoms with Crippen LogP contribution >= 0.6 is 0 Å². The Morgan fingerprint density at radius 1 is 1.38 bits per heavy atom. The first-order valence-electron chi connectivity index (χ1n) is 4.59. The first-order valence-corrected chi connectivity index (χ1v) is 4.59. The van der Waals surface area contributed by atoms with Gasteiger partial charge < -0.3 is 10.2 Å². The molecule has 0 amide bonds. The van der Waals surface area contributed by atoms with Gasteiger partial charge in [-0.2, -0.15) is 0 Å². The summed E-state index contributed by atoms with van der Waals surface area (Å²) in [5.74, 6) is 0.190. The number of aliphatic hydroxyl groups excluding tert-OH is 1. The van der Waals surface area contributed by atoms with Crippen LogP contribution in [0.25, 0.3) is 0 Å². The van der Waals surface area contributed by atoms with Gasteiger partial charge in [-0.3, -0.25) is 0 Å². The second kappa shape index (κ2) is 2.74. The van der Waals surface area contributed by atoms with Crippen LogP contribution in [0.1, 0.15) is 30.9 Å². The Hall–Kier alpha value is -1.02. The van der Waals surface area contributed by atoms with Crippen molar-refractivity contribution in [3.63, 3.8) is 0 Å². The summed E-state index contributed by atoms with van der Waals surface area (Å²) in [4.78, 5) is 0. The highest BCUT2D eigenvalue weighted by Gasteiger charge is 2.39. The lowest BCUT2D eigenvalue weighted by molar-refractivity contribution is 0.275. The number of phenols is 1. The quantitative estimate of drug-likeness (QED) is 0.726. The molecule has 0 heterocycles. The lowest BCUT2D eigenvalue weighted by Crippen LogP contribution is -2.00. The molecule has 0 spiro atoms. The topological polar surface area (TPSA) is 40.5 Å². The summed E-state index contributed by atoms with van der Waals surface area (Å²) < 4.78 is 0. The SMILES string of the molecule is CC1(c2ccc(O)c(CO)c2)CC1. The maximum absolute atomic E-state index is 9.36. The van der Waals surface area contributed by atoms with Crippen LogP contribution in [0.15, 0.2) is 18.2 Å². The molecular weight excluding hydrogens is 164 g/mol. The van der Waals surface area contributed by atoms with Gasteiger partial charge in [0.05, 0.1) is 6.61 Å². The molecule has 1 fully saturated rings. The molecule has 0 radical (unpaired) electrons. The van der Waals surface area contributed by atoms with E-state index in [9.17, 15) is 5.11 Å². The van der Waals surface area contributed by atoms with Gasteiger partial charge >= 0.3 is 0 Å². The Morgan fingerprint density at radius 2 is 2.08 bits per heavy atom. The van der Waals surface area contributed by atoms with Crippen molar-refractivity contribution < 1.29 is 10.2 Å². The average Bonchev–Trinajstić information content (AvgIpc) is 2.86. The molecule has 1 saturated carbocycles. The lowest BCUT2D eigenvalue weighted by Gasteiger charge is -2.10. The largest absolute Gasteiger partial charge is 0.508 e. The highest BCUT2D eigenvalue weighted by atomic mass is 16.3. The highest BCUT2D eigenvalue weighted by molar-refractivity contribution is 5.40. The Balaban J connectivity index is 2.39. The standard InChI is InChI=1S/C11H14O2/c1-11(4-5-11)9-2-3-10(13)8(6-9)7-12/h2-3,6,12-13H,4-5,7H2,1H3. The number of aromatic hydroxyl groups is 1. The van der Waals surface area contributed by atoms with Gasteiger partial charge in [0.1, 0.15) is 5.75 Å². The van der Waals surface area contributed by atoms with Crippen molar-refractivity contribution in [1.82, 2.24) is 0 Å². The van der Waals surface area contributed by atoms with E-state index in [0.29, 0.717) is 11.0 Å². The van der Waals surface area contributed by atoms with E-state index in [1.54, 1.807) is 6.07 Å². The summed E-state index contributed by atoms with van der Waals surface area (Å²) in [5, 5.41) is 18.3. The number of hydrogen-bond donors (Lipinski definition) is 2. The Morgan fingerprint density at radius 3 is 2.62 bits per heavy atom. The normalized spacial score (nSPS) is 18.6. The third-order valence-electron chi connectivity index (χ3n) is 2.95. The Bertz CT molecular complexity index is 327. The maximum atomic E-state index is 9.36. The van der Waals surface area contributed by atoms with Gasteiger partial charge in [-0.1, -0.05) is 13.0 Å². The molecule has 1 aromatic rings. The maximum Gasteiger partial charge on any atom is 0.121 e. The zero-order valence-electron chi connectivity index (χ0n) is 7.75. The molecule has 1 aliphatic rings. The first kappa shape index (κ1) is 8.57. The summed E-state index contributed by atoms with van der Waals surface area (Å²) in [5.41, 5.74) is 2.16. The van der Waals surface area contributed by atoms with Crippen LogP contribution in [0.4, 0.5) is 0 Å². The second-order valence-electron chi connectivity index (χ2n) is 4.06. The molecule has 1 aliphatic carbocycles. The van der Waals surface area contributed by atoms with Crippen molar-refractivity contribution in [2.45, 2.75) is 31.8 Å². The molecule has 2 nitrogen and oxygen atoms in total. The van der Waals surface area contributed by atoms with Crippen LogP contribution in [-0.2, 0) is 12.0 Å². The van der Waals surface area contributed by atoms with Gasteiger partial charge in [-0.15, -0.1) is 0 Å². The summed E-state index contributed by atoms with van der Waals surface area (Å²) in [6.45, 7) is 2.12. The van der Waals surface area contributed by atoms with E-state index in [1.807, 2.05) is 12.1 Å². The molecule has 0 atom stereocenters. The summed E-state index contributed by atoms with van der Waals surface area (Å²) in [7, 11) is 0. The van der Waals surface area contributed by atoms with Crippen LogP contribution in [-0.4, -0.2) is 10.2 Å². The summed E-state index contributed by atoms with van der Waals surface area (Å²) >= 11 is 0. The van der Waals surface area contributed by atoms with Crippen LogP contribution < -0.4 is 0 Å². The van der Waals surface area contributed by atoms with E-state index in [2.05, 4.69) is 6.92 Å². The van der Waals surface area contributed by atoms with Gasteiger partial charge in [0.25, 0.3) is 0 Å². The molecule has 1 aromatic carbocycles. The van der Waals surface area contributed by atoms with E-state index in [1.165, 1.54) is 18.4 Å². The van der Waals surface area contributed by atoms with Crippen molar-refractivity contribution >= 4 is 0 Å². The molecular formula is C11H14O2. The van der Waals surface area contributed by atoms with Crippen molar-refractivity contribution in [3.8, 4) is 5.75 Å². The summed E-state index contributed by atoms with van der Waals surface area (Å²) in [6.07, 6.45) is 2.42. The highest BCUT2D eigenvalue weighted by Crippen LogP contribution is 2.48. The van der Waals surface area contributed by atoms with Crippen molar-refractivity contribution in [2.75, 3.05) is 0 Å². The molecule has 2 heteroatoms. The monoisotopic (exact) mass is 178 g/mol. The van der Waals surface area contributed by atoms with Gasteiger partial charge in [-0.05, 0) is 36.0 Å². The number of hydrogen-bond acceptors (Lipinski definition) is 2. The second-order valence-corrected chi connectivity index (χ2v) is 4.06. The van der Waals surface area contributed by atoms with Crippen LogP contribution in [0.2, 0.25) is 0 Å². The summed E-state index contributed by atoms with van der Waals surface area (Å²) in [6, 6.07) is 5.52. The minimum absolute atomic E-state index is 0.0875.